The van der Waals surface area contributed by atoms with E-state index >= 15 is 0 Å². The maximum Gasteiger partial charge on any atom is 0.264 e. The molecule has 11 heteroatoms. The van der Waals surface area contributed by atoms with Crippen LogP contribution in [0.5, 0.6) is 0 Å². The Labute approximate surface area is 189 Å². The number of aromatic nitrogens is 4. The summed E-state index contributed by atoms with van der Waals surface area (Å²) in [6, 6.07) is 1.16. The second-order valence-electron chi connectivity index (χ2n) is 9.40. The van der Waals surface area contributed by atoms with Crippen LogP contribution in [0.1, 0.15) is 37.7 Å². The molecule has 6 rings (SSSR count). The lowest BCUT2D eigenvalue weighted by Gasteiger charge is -2.34. The van der Waals surface area contributed by atoms with Gasteiger partial charge >= 0.3 is 0 Å². The van der Waals surface area contributed by atoms with Crippen molar-refractivity contribution in [3.05, 3.63) is 17.8 Å². The first-order valence-electron chi connectivity index (χ1n) is 11.4. The van der Waals surface area contributed by atoms with E-state index in [1.54, 1.807) is 0 Å². The first-order chi connectivity index (χ1) is 15.9. The molecule has 4 atom stereocenters. The number of nitrogens with zero attached hydrogens (tertiary/aromatic N) is 6. The summed E-state index contributed by atoms with van der Waals surface area (Å²) in [6.07, 6.45) is 2.49. The molecular weight excluding hydrogens is 432 g/mol. The molecule has 2 aromatic heterocycles. The van der Waals surface area contributed by atoms with Crippen molar-refractivity contribution in [1.29, 1.82) is 0 Å². The molecule has 1 aliphatic carbocycles. The van der Waals surface area contributed by atoms with Gasteiger partial charge in [0, 0.05) is 55.3 Å². The number of morpholine rings is 1. The lowest BCUT2D eigenvalue weighted by atomic mass is 9.97. The van der Waals surface area contributed by atoms with Crippen molar-refractivity contribution in [1.82, 2.24) is 19.9 Å². The first kappa shape index (κ1) is 20.6. The molecular formula is C22H25F2N7O2. The summed E-state index contributed by atoms with van der Waals surface area (Å²) in [5, 5.41) is 0. The third-order valence-corrected chi connectivity index (χ3v) is 7.20. The molecule has 0 amide bonds. The van der Waals surface area contributed by atoms with E-state index in [9.17, 15) is 13.6 Å². The Morgan fingerprint density at radius 1 is 0.939 bits per heavy atom. The molecule has 4 bridgehead atoms. The number of fused-ring (bicyclic) bond motifs is 4. The van der Waals surface area contributed by atoms with Gasteiger partial charge in [-0.25, -0.2) is 13.8 Å². The van der Waals surface area contributed by atoms with Crippen molar-refractivity contribution in [2.24, 2.45) is 11.8 Å². The molecule has 33 heavy (non-hydrogen) atoms. The van der Waals surface area contributed by atoms with Gasteiger partial charge in [-0.1, -0.05) is 0 Å². The maximum absolute atomic E-state index is 13.8. The lowest BCUT2D eigenvalue weighted by Crippen LogP contribution is -2.45. The Kier molecular flexibility index (Phi) is 4.89. The van der Waals surface area contributed by atoms with Crippen molar-refractivity contribution in [3.8, 4) is 11.4 Å². The highest BCUT2D eigenvalue weighted by Crippen LogP contribution is 2.37. The molecule has 1 saturated carbocycles. The van der Waals surface area contributed by atoms with Gasteiger partial charge in [0.2, 0.25) is 11.9 Å². The van der Waals surface area contributed by atoms with Gasteiger partial charge in [-0.05, 0) is 31.7 Å². The van der Waals surface area contributed by atoms with Crippen LogP contribution in [0.4, 0.5) is 26.5 Å². The van der Waals surface area contributed by atoms with E-state index in [0.29, 0.717) is 43.9 Å². The van der Waals surface area contributed by atoms with Gasteiger partial charge in [0.1, 0.15) is 11.6 Å². The molecule has 4 aliphatic rings. The van der Waals surface area contributed by atoms with Crippen LogP contribution in [-0.2, 0) is 9.53 Å². The summed E-state index contributed by atoms with van der Waals surface area (Å²) >= 11 is 0. The third-order valence-electron chi connectivity index (χ3n) is 7.20. The number of ketones is 1. The molecule has 174 valence electrons. The summed E-state index contributed by atoms with van der Waals surface area (Å²) in [7, 11) is 0. The molecule has 4 fully saturated rings. The zero-order chi connectivity index (χ0) is 22.7. The van der Waals surface area contributed by atoms with Crippen molar-refractivity contribution < 1.29 is 18.3 Å². The minimum absolute atomic E-state index is 0.0134. The van der Waals surface area contributed by atoms with Crippen molar-refractivity contribution in [3.63, 3.8) is 0 Å². The van der Waals surface area contributed by atoms with Gasteiger partial charge in [0.15, 0.2) is 5.82 Å². The second kappa shape index (κ2) is 7.82. The van der Waals surface area contributed by atoms with Gasteiger partial charge < -0.3 is 20.3 Å². The van der Waals surface area contributed by atoms with Crippen LogP contribution in [0, 0.1) is 11.8 Å². The minimum atomic E-state index is -2.75. The Morgan fingerprint density at radius 2 is 1.55 bits per heavy atom. The van der Waals surface area contributed by atoms with Gasteiger partial charge in [-0.2, -0.15) is 15.0 Å². The number of carbonyl (C=O) groups excluding carboxylic acids is 1. The standard InChI is InChI=1S/C22H25F2N7O2/c23-19(24)15-5-17(25)26-6-16(15)20-27-21(30-7-11-1-2-12(8-30)18(11)32)29-22(28-20)31-9-13-3-4-14(10-31)33-13/h5-6,11-14,19H,1-4,7-10H2,(H2,25,26). The number of anilines is 3. The van der Waals surface area contributed by atoms with E-state index in [2.05, 4.69) is 19.9 Å². The number of nitrogens with two attached hydrogens (primary N) is 1. The van der Waals surface area contributed by atoms with Crippen molar-refractivity contribution in [2.75, 3.05) is 41.7 Å². The van der Waals surface area contributed by atoms with Crippen LogP contribution >= 0.6 is 0 Å². The van der Waals surface area contributed by atoms with Crippen LogP contribution < -0.4 is 15.5 Å². The molecule has 0 radical (unpaired) electrons. The predicted octanol–water partition coefficient (Wildman–Crippen LogP) is 2.24. The molecule has 5 heterocycles. The fraction of sp³-hybridized carbons (Fsp3) is 0.591. The molecule has 0 aromatic carbocycles. The molecule has 2 aromatic rings. The van der Waals surface area contributed by atoms with Crippen molar-refractivity contribution in [2.45, 2.75) is 44.3 Å². The predicted molar refractivity (Wildman–Crippen MR) is 116 cm³/mol. The van der Waals surface area contributed by atoms with E-state index < -0.39 is 6.43 Å². The zero-order valence-corrected chi connectivity index (χ0v) is 18.0. The van der Waals surface area contributed by atoms with E-state index in [-0.39, 0.29) is 46.8 Å². The monoisotopic (exact) mass is 457 g/mol. The fourth-order valence-corrected chi connectivity index (χ4v) is 5.54. The number of Topliss-reactive ketones (excluding diaryl/α,β-unsaturated/α-hetero) is 1. The number of hydrogen-bond acceptors (Lipinski definition) is 9. The number of pyridine rings is 1. The van der Waals surface area contributed by atoms with Crippen LogP contribution in [0.15, 0.2) is 12.3 Å². The largest absolute Gasteiger partial charge is 0.384 e. The average Bonchev–Trinajstić information content (AvgIpc) is 3.22. The number of ether oxygens (including phenoxy) is 1. The number of halogens is 2. The van der Waals surface area contributed by atoms with Gasteiger partial charge in [0.05, 0.1) is 12.2 Å². The van der Waals surface area contributed by atoms with E-state index in [1.807, 2.05) is 4.90 Å². The highest BCUT2D eigenvalue weighted by Gasteiger charge is 2.42. The Balaban J connectivity index is 1.43. The number of rotatable bonds is 4. The van der Waals surface area contributed by atoms with E-state index in [0.717, 1.165) is 31.7 Å². The van der Waals surface area contributed by atoms with Crippen LogP contribution in [0.2, 0.25) is 0 Å². The van der Waals surface area contributed by atoms with Gasteiger partial charge in [-0.15, -0.1) is 0 Å². The van der Waals surface area contributed by atoms with E-state index in [1.165, 1.54) is 6.20 Å². The Hall–Kier alpha value is -2.95. The number of piperidine rings is 1. The van der Waals surface area contributed by atoms with Crippen LogP contribution in [-0.4, -0.2) is 64.1 Å². The number of alkyl halides is 2. The number of carbonyl (C=O) groups is 1. The average molecular weight is 457 g/mol. The molecule has 9 nitrogen and oxygen atoms in total. The normalized spacial score (nSPS) is 28.8. The Morgan fingerprint density at radius 3 is 2.15 bits per heavy atom. The zero-order valence-electron chi connectivity index (χ0n) is 18.0. The highest BCUT2D eigenvalue weighted by atomic mass is 19.3. The van der Waals surface area contributed by atoms with Gasteiger partial charge in [0.25, 0.3) is 6.43 Å². The molecule has 3 aliphatic heterocycles. The van der Waals surface area contributed by atoms with Crippen LogP contribution in [0.3, 0.4) is 0 Å². The molecule has 3 saturated heterocycles. The van der Waals surface area contributed by atoms with E-state index in [4.69, 9.17) is 15.5 Å². The smallest absolute Gasteiger partial charge is 0.264 e. The van der Waals surface area contributed by atoms with Crippen molar-refractivity contribution >= 4 is 23.5 Å². The summed E-state index contributed by atoms with van der Waals surface area (Å²) in [6.45, 7) is 2.36. The molecule has 2 N–H and O–H groups in total. The first-order valence-corrected chi connectivity index (χ1v) is 11.4. The lowest BCUT2D eigenvalue weighted by molar-refractivity contribution is -0.124. The Bertz CT molecular complexity index is 1070. The fourth-order valence-electron chi connectivity index (χ4n) is 5.54. The SMILES string of the molecule is Nc1cc(C(F)F)c(-c2nc(N3CC4CCC(C3)O4)nc(N3CC4CCC(C3)C4=O)n2)cn1. The summed E-state index contributed by atoms with van der Waals surface area (Å²) < 4.78 is 33.6. The molecule has 4 unspecified atom stereocenters. The summed E-state index contributed by atoms with van der Waals surface area (Å²) in [5.41, 5.74) is 5.54. The number of nitrogen functional groups attached to an aromatic ring is 1. The second-order valence-corrected chi connectivity index (χ2v) is 9.40. The molecule has 0 spiro atoms. The minimum Gasteiger partial charge on any atom is -0.384 e. The summed E-state index contributed by atoms with van der Waals surface area (Å²) in [5.74, 6) is 1.27. The van der Waals surface area contributed by atoms with Crippen LogP contribution in [0.25, 0.3) is 11.4 Å². The summed E-state index contributed by atoms with van der Waals surface area (Å²) in [4.78, 5) is 34.4. The number of hydrogen-bond donors (Lipinski definition) is 1. The highest BCUT2D eigenvalue weighted by molar-refractivity contribution is 5.87. The van der Waals surface area contributed by atoms with Gasteiger partial charge in [-0.3, -0.25) is 4.79 Å². The quantitative estimate of drug-likeness (QED) is 0.739. The maximum atomic E-state index is 13.8. The third kappa shape index (κ3) is 3.68. The topological polar surface area (TPSA) is 110 Å².